The Kier molecular flexibility index (Phi) is 18.2. The van der Waals surface area contributed by atoms with Crippen molar-refractivity contribution in [2.45, 2.75) is 248 Å². The first kappa shape index (κ1) is 80.3. The van der Waals surface area contributed by atoms with Crippen LogP contribution in [-0.4, -0.2) is 13.4 Å². The number of hydrogen-bond donors (Lipinski definition) is 0. The molecule has 4 nitrogen and oxygen atoms in total. The summed E-state index contributed by atoms with van der Waals surface area (Å²) in [5.41, 5.74) is 44.6. The second-order valence-electron chi connectivity index (χ2n) is 43.7. The summed E-state index contributed by atoms with van der Waals surface area (Å²) >= 11 is 4.13. The van der Waals surface area contributed by atoms with Gasteiger partial charge in [-0.15, -0.1) is 22.7 Å². The van der Waals surface area contributed by atoms with E-state index in [0.717, 1.165) is 32.1 Å². The lowest BCUT2D eigenvalue weighted by Crippen LogP contribution is -2.60. The second-order valence-corrected chi connectivity index (χ2v) is 45.8. The van der Waals surface area contributed by atoms with Crippen molar-refractivity contribution in [1.82, 2.24) is 0 Å². The fourth-order valence-corrected chi connectivity index (χ4v) is 25.1. The Balaban J connectivity index is 0.710. The van der Waals surface area contributed by atoms with E-state index in [0.29, 0.717) is 0 Å². The van der Waals surface area contributed by atoms with Crippen molar-refractivity contribution >= 4 is 156 Å². The Morgan fingerprint density at radius 3 is 1.25 bits per heavy atom. The molecule has 1 unspecified atom stereocenters. The Morgan fingerprint density at radius 1 is 0.328 bits per heavy atom. The van der Waals surface area contributed by atoms with Gasteiger partial charge in [0.2, 0.25) is 0 Å². The second kappa shape index (κ2) is 27.7. The van der Waals surface area contributed by atoms with E-state index in [1.54, 1.807) is 0 Å². The Labute approximate surface area is 736 Å². The van der Waals surface area contributed by atoms with Gasteiger partial charge in [0.25, 0.3) is 13.4 Å². The lowest BCUT2D eigenvalue weighted by Gasteiger charge is -2.45. The first-order chi connectivity index (χ1) is 57.7. The SMILES string of the molecule is Cc1cc2c3c(c1)N(c1ccc(C(C)(C)CCC4(C)CCC(C)(C)c5cc6c7c(sc6cc54)B4c5cc(C(C)(C)C)ccc5N(c5ccc(-c6ccccc6)cc5C)c5cc(C)cc(c54)N7c4ccc(C(C)(C)C)cc4)cc1)c1c(sc4cc5c(cc14)C(C)(C)CCC5(C)C)B3c1cc(C(C)(C)C)ccc1N2c1cc(-c2c(C)cccc2C)ccc1C. The minimum absolute atomic E-state index is 0.00184. The maximum Gasteiger partial charge on any atom is 0.264 e. The molecule has 0 saturated heterocycles. The van der Waals surface area contributed by atoms with Crippen LogP contribution in [0.15, 0.2) is 218 Å². The van der Waals surface area contributed by atoms with Crippen LogP contribution in [0.25, 0.3) is 42.4 Å². The van der Waals surface area contributed by atoms with Crippen molar-refractivity contribution < 1.29 is 0 Å². The van der Waals surface area contributed by atoms with E-state index in [-0.39, 0.29) is 56.7 Å². The third-order valence-electron chi connectivity index (χ3n) is 30.1. The monoisotopic (exact) mass is 1630 g/mol. The van der Waals surface area contributed by atoms with Gasteiger partial charge in [-0.05, 0) is 349 Å². The quantitative estimate of drug-likeness (QED) is 0.127. The van der Waals surface area contributed by atoms with Crippen molar-refractivity contribution in [3.63, 3.8) is 0 Å². The largest absolute Gasteiger partial charge is 0.311 e. The molecule has 0 saturated carbocycles. The normalized spacial score (nSPS) is 17.2. The smallest absolute Gasteiger partial charge is 0.264 e. The molecule has 1 atom stereocenters. The Bertz CT molecular complexity index is 6680. The fourth-order valence-electron chi connectivity index (χ4n) is 22.4. The lowest BCUT2D eigenvalue weighted by molar-refractivity contribution is 0.272. The summed E-state index contributed by atoms with van der Waals surface area (Å²) in [6.07, 6.45) is 6.71. The van der Waals surface area contributed by atoms with Gasteiger partial charge in [-0.2, -0.15) is 0 Å². The molecule has 122 heavy (non-hydrogen) atoms. The van der Waals surface area contributed by atoms with Gasteiger partial charge in [0.15, 0.2) is 0 Å². The molecule has 2 aliphatic carbocycles. The van der Waals surface area contributed by atoms with Gasteiger partial charge in [0.1, 0.15) is 0 Å². The van der Waals surface area contributed by atoms with Gasteiger partial charge in [0, 0.05) is 86.6 Å². The van der Waals surface area contributed by atoms with Gasteiger partial charge < -0.3 is 19.6 Å². The number of rotatable bonds is 10. The van der Waals surface area contributed by atoms with E-state index < -0.39 is 0 Å². The highest BCUT2D eigenvalue weighted by molar-refractivity contribution is 7.34. The van der Waals surface area contributed by atoms with Crippen LogP contribution in [-0.2, 0) is 43.3 Å². The number of anilines is 12. The highest BCUT2D eigenvalue weighted by Crippen LogP contribution is 2.58. The minimum Gasteiger partial charge on any atom is -0.311 e. The van der Waals surface area contributed by atoms with Gasteiger partial charge in [-0.25, -0.2) is 0 Å². The zero-order chi connectivity index (χ0) is 85.7. The molecular formula is C114H120B2N4S2. The molecule has 0 spiro atoms. The van der Waals surface area contributed by atoms with E-state index >= 15 is 0 Å². The summed E-state index contributed by atoms with van der Waals surface area (Å²) in [6, 6.07) is 87.5. The Morgan fingerprint density at radius 2 is 0.754 bits per heavy atom. The van der Waals surface area contributed by atoms with E-state index in [9.17, 15) is 0 Å². The van der Waals surface area contributed by atoms with E-state index in [1.807, 2.05) is 0 Å². The van der Waals surface area contributed by atoms with Crippen LogP contribution in [0, 0.1) is 41.5 Å². The van der Waals surface area contributed by atoms with Crippen molar-refractivity contribution in [2.24, 2.45) is 0 Å². The number of benzene rings is 12. The molecule has 6 aliphatic rings. The van der Waals surface area contributed by atoms with Crippen LogP contribution in [0.5, 0.6) is 0 Å². The van der Waals surface area contributed by atoms with Crippen molar-refractivity contribution in [3.05, 3.63) is 296 Å². The summed E-state index contributed by atoms with van der Waals surface area (Å²) in [5.74, 6) is 0. The summed E-state index contributed by atoms with van der Waals surface area (Å²) in [5, 5.41) is 2.74. The summed E-state index contributed by atoms with van der Waals surface area (Å²) in [6.45, 7) is 58.0. The molecule has 0 amide bonds. The van der Waals surface area contributed by atoms with Gasteiger partial charge in [-0.3, -0.25) is 0 Å². The zero-order valence-corrected chi connectivity index (χ0v) is 78.4. The first-order valence-corrected chi connectivity index (χ1v) is 46.9. The molecule has 20 rings (SSSR count). The van der Waals surface area contributed by atoms with Crippen molar-refractivity contribution in [1.29, 1.82) is 0 Å². The number of nitrogens with zero attached hydrogens (tertiary/aromatic N) is 4. The fraction of sp³-hybridized carbons (Fsp3) is 0.333. The van der Waals surface area contributed by atoms with Gasteiger partial charge in [0.05, 0.1) is 11.4 Å². The molecule has 614 valence electrons. The molecule has 0 fully saturated rings. The molecular weight excluding hydrogens is 1510 g/mol. The van der Waals surface area contributed by atoms with E-state index in [1.165, 1.54) is 226 Å². The van der Waals surface area contributed by atoms with E-state index in [2.05, 4.69) is 427 Å². The summed E-state index contributed by atoms with van der Waals surface area (Å²) in [7, 11) is 0. The van der Waals surface area contributed by atoms with Gasteiger partial charge >= 0.3 is 0 Å². The molecule has 0 bridgehead atoms. The molecule has 8 heteroatoms. The van der Waals surface area contributed by atoms with Crippen molar-refractivity contribution in [2.75, 3.05) is 19.6 Å². The standard InChI is InChI=1S/C114H120B2N4S2/c1-67-55-94-101-96(57-67)119(90-46-35-74(59-72(90)6)73-31-26-25-27-32-73)91-47-40-78(108(10,11)12)61-88(91)115(101)106-104(117(94)80-42-36-76(37-43-80)107(7,8)9)83-64-85-87(66-99(83)122-106)114(24,54-52-113(85,22)23)53-51-110(16,17)77-38-44-81(45-39-77)118-95-56-68(2)58-97-102(95)116(105-103(118)82-63-84-86(65-98(82)121-105)112(20,21)50-49-111(84,18)19)89-62-79(109(13,14)15)41-48-92(89)120(97)93-60-75(34-33-69(93)3)100-70(4)29-28-30-71(100)5/h25-48,55-66H,49-54H2,1-24H3. The van der Waals surface area contributed by atoms with Crippen LogP contribution in [0.3, 0.4) is 0 Å². The maximum absolute atomic E-state index is 2.74. The predicted molar refractivity (Wildman–Crippen MR) is 534 cm³/mol. The van der Waals surface area contributed by atoms with Crippen LogP contribution >= 0.6 is 22.7 Å². The predicted octanol–water partition coefficient (Wildman–Crippen LogP) is 28.8. The minimum atomic E-state index is -0.145. The van der Waals surface area contributed by atoms with Crippen LogP contribution in [0.2, 0.25) is 0 Å². The molecule has 4 aliphatic heterocycles. The molecule has 12 aromatic carbocycles. The molecule has 0 radical (unpaired) electrons. The highest BCUT2D eigenvalue weighted by Gasteiger charge is 2.51. The number of hydrogen-bond acceptors (Lipinski definition) is 6. The average Bonchev–Trinajstić information content (AvgIpc) is 1.41. The third-order valence-corrected chi connectivity index (χ3v) is 32.5. The molecule has 2 aromatic heterocycles. The zero-order valence-electron chi connectivity index (χ0n) is 76.8. The number of aryl methyl sites for hydroxylation is 6. The van der Waals surface area contributed by atoms with Crippen LogP contribution < -0.4 is 51.0 Å². The molecule has 6 heterocycles. The lowest BCUT2D eigenvalue weighted by atomic mass is 9.36. The summed E-state index contributed by atoms with van der Waals surface area (Å²) < 4.78 is 5.64. The van der Waals surface area contributed by atoms with Crippen LogP contribution in [0.1, 0.15) is 241 Å². The highest BCUT2D eigenvalue weighted by atomic mass is 32.1. The first-order valence-electron chi connectivity index (χ1n) is 45.2. The topological polar surface area (TPSA) is 13.0 Å². The Hall–Kier alpha value is -10.1. The van der Waals surface area contributed by atoms with Gasteiger partial charge in [-0.1, -0.05) is 240 Å². The summed E-state index contributed by atoms with van der Waals surface area (Å²) in [4.78, 5) is 10.7. The van der Waals surface area contributed by atoms with Crippen molar-refractivity contribution in [3.8, 4) is 22.3 Å². The number of thiophene rings is 2. The molecule has 14 aromatic rings. The molecule has 0 N–H and O–H groups in total. The van der Waals surface area contributed by atoms with Crippen LogP contribution in [0.4, 0.5) is 68.2 Å². The maximum atomic E-state index is 2.74. The third kappa shape index (κ3) is 12.7. The van der Waals surface area contributed by atoms with E-state index in [4.69, 9.17) is 0 Å². The average molecular weight is 1630 g/mol. The number of fused-ring (bicyclic) bond motifs is 14.